The number of aliphatic carboxylic acids is 1. The third-order valence-corrected chi connectivity index (χ3v) is 4.81. The molecule has 0 aliphatic rings. The van der Waals surface area contributed by atoms with E-state index in [1.807, 2.05) is 18.2 Å². The highest BCUT2D eigenvalue weighted by Crippen LogP contribution is 2.26. The lowest BCUT2D eigenvalue weighted by Crippen LogP contribution is -2.39. The van der Waals surface area contributed by atoms with E-state index in [1.54, 1.807) is 6.92 Å². The average molecular weight is 345 g/mol. The predicted molar refractivity (Wildman–Crippen MR) is 99.7 cm³/mol. The number of carbonyl (C=O) groups is 1. The number of nitrogens with one attached hydrogen (secondary N) is 1. The van der Waals surface area contributed by atoms with Crippen LogP contribution in [0.5, 0.6) is 0 Å². The predicted octanol–water partition coefficient (Wildman–Crippen LogP) is 3.12. The van der Waals surface area contributed by atoms with Crippen LogP contribution in [0, 0.1) is 5.41 Å². The Kier molecular flexibility index (Phi) is 6.50. The summed E-state index contributed by atoms with van der Waals surface area (Å²) in [5, 5.41) is 21.8. The molecular formula is C19H24NO3P. The van der Waals surface area contributed by atoms with Crippen LogP contribution in [0.15, 0.2) is 54.6 Å². The Morgan fingerprint density at radius 3 is 2.21 bits per heavy atom. The molecule has 0 amide bonds. The van der Waals surface area contributed by atoms with Gasteiger partial charge in [-0.3, -0.25) is 9.88 Å². The van der Waals surface area contributed by atoms with E-state index < -0.39 is 11.4 Å². The first-order chi connectivity index (χ1) is 11.5. The first-order valence-corrected chi connectivity index (χ1v) is 8.51. The normalized spacial score (nSPS) is 14.8. The zero-order valence-electron chi connectivity index (χ0n) is 13.8. The standard InChI is InChI=1S/C19H24NO3P/c1-19(13-21,18(22)23)12-17(20-24)11-14-7-9-16(10-8-14)15-5-3-2-4-6-15/h2-10,17,20-21H,11-13,24H2,1H3,(H,22,23). The van der Waals surface area contributed by atoms with Crippen molar-refractivity contribution in [3.05, 3.63) is 60.2 Å². The molecule has 0 aliphatic carbocycles. The van der Waals surface area contributed by atoms with Crippen LogP contribution >= 0.6 is 9.39 Å². The molecule has 128 valence electrons. The molecular weight excluding hydrogens is 321 g/mol. The van der Waals surface area contributed by atoms with Gasteiger partial charge < -0.3 is 10.2 Å². The fourth-order valence-electron chi connectivity index (χ4n) is 2.70. The lowest BCUT2D eigenvalue weighted by atomic mass is 9.83. The van der Waals surface area contributed by atoms with Crippen molar-refractivity contribution in [2.45, 2.75) is 25.8 Å². The summed E-state index contributed by atoms with van der Waals surface area (Å²) in [4.78, 5) is 11.4. The number of hydrogen-bond acceptors (Lipinski definition) is 3. The number of rotatable bonds is 8. The summed E-state index contributed by atoms with van der Waals surface area (Å²) in [5.41, 5.74) is 2.31. The van der Waals surface area contributed by atoms with Gasteiger partial charge in [0.2, 0.25) is 0 Å². The van der Waals surface area contributed by atoms with Gasteiger partial charge in [-0.15, -0.1) is 0 Å². The van der Waals surface area contributed by atoms with Gasteiger partial charge in [0.1, 0.15) is 0 Å². The quantitative estimate of drug-likeness (QED) is 0.643. The largest absolute Gasteiger partial charge is 0.481 e. The molecule has 0 bridgehead atoms. The van der Waals surface area contributed by atoms with Crippen molar-refractivity contribution >= 4 is 15.4 Å². The molecule has 3 atom stereocenters. The Morgan fingerprint density at radius 2 is 1.71 bits per heavy atom. The van der Waals surface area contributed by atoms with Crippen LogP contribution in [-0.4, -0.2) is 28.8 Å². The Balaban J connectivity index is 2.07. The summed E-state index contributed by atoms with van der Waals surface area (Å²) < 4.78 is 0. The SMILES string of the molecule is CC(CO)(CC(Cc1ccc(-c2ccccc2)cc1)NP)C(=O)O. The van der Waals surface area contributed by atoms with E-state index >= 15 is 0 Å². The molecule has 0 aliphatic heterocycles. The summed E-state index contributed by atoms with van der Waals surface area (Å²) in [6, 6.07) is 18.4. The zero-order valence-corrected chi connectivity index (χ0v) is 14.9. The minimum absolute atomic E-state index is 0.0502. The van der Waals surface area contributed by atoms with Crippen molar-refractivity contribution < 1.29 is 15.0 Å². The van der Waals surface area contributed by atoms with E-state index in [0.717, 1.165) is 11.1 Å². The van der Waals surface area contributed by atoms with Crippen molar-refractivity contribution in [1.82, 2.24) is 5.09 Å². The van der Waals surface area contributed by atoms with Crippen LogP contribution in [0.4, 0.5) is 0 Å². The van der Waals surface area contributed by atoms with Crippen LogP contribution in [0.1, 0.15) is 18.9 Å². The maximum atomic E-state index is 11.4. The summed E-state index contributed by atoms with van der Waals surface area (Å²) in [5.74, 6) is -0.977. The maximum Gasteiger partial charge on any atom is 0.311 e. The van der Waals surface area contributed by atoms with Gasteiger partial charge in [-0.1, -0.05) is 64.0 Å². The Bertz CT molecular complexity index is 660. The van der Waals surface area contributed by atoms with Gasteiger partial charge in [0.05, 0.1) is 12.0 Å². The summed E-state index contributed by atoms with van der Waals surface area (Å²) in [6.07, 6.45) is 1.05. The number of aliphatic hydroxyl groups is 1. The molecule has 2 aromatic carbocycles. The first-order valence-electron chi connectivity index (χ1n) is 7.93. The molecule has 2 rings (SSSR count). The molecule has 0 radical (unpaired) electrons. The van der Waals surface area contributed by atoms with Crippen LogP contribution in [-0.2, 0) is 11.2 Å². The van der Waals surface area contributed by atoms with Crippen LogP contribution in [0.3, 0.4) is 0 Å². The van der Waals surface area contributed by atoms with Crippen molar-refractivity contribution in [2.75, 3.05) is 6.61 Å². The van der Waals surface area contributed by atoms with E-state index in [2.05, 4.69) is 50.9 Å². The summed E-state index contributed by atoms with van der Waals surface area (Å²) >= 11 is 0. The van der Waals surface area contributed by atoms with Gasteiger partial charge in [-0.2, -0.15) is 0 Å². The lowest BCUT2D eigenvalue weighted by Gasteiger charge is -2.27. The molecule has 2 aromatic rings. The molecule has 0 fully saturated rings. The van der Waals surface area contributed by atoms with E-state index in [1.165, 1.54) is 5.56 Å². The lowest BCUT2D eigenvalue weighted by molar-refractivity contribution is -0.151. The number of carboxylic acid groups (broad SMARTS) is 1. The molecule has 3 N–H and O–H groups in total. The second-order valence-electron chi connectivity index (χ2n) is 6.36. The van der Waals surface area contributed by atoms with Crippen LogP contribution in [0.2, 0.25) is 0 Å². The molecule has 24 heavy (non-hydrogen) atoms. The van der Waals surface area contributed by atoms with Gasteiger partial charge >= 0.3 is 5.97 Å². The second kappa shape index (κ2) is 8.39. The topological polar surface area (TPSA) is 69.6 Å². The fraction of sp³-hybridized carbons (Fsp3) is 0.316. The van der Waals surface area contributed by atoms with Crippen molar-refractivity contribution in [3.63, 3.8) is 0 Å². The van der Waals surface area contributed by atoms with Gasteiger partial charge in [0.25, 0.3) is 0 Å². The molecule has 0 heterocycles. The minimum atomic E-state index is -1.14. The number of carboxylic acids is 1. The molecule has 0 spiro atoms. The van der Waals surface area contributed by atoms with E-state index in [0.29, 0.717) is 12.8 Å². The zero-order chi connectivity index (χ0) is 17.6. The van der Waals surface area contributed by atoms with Crippen molar-refractivity contribution in [2.24, 2.45) is 5.41 Å². The third-order valence-electron chi connectivity index (χ3n) is 4.34. The van der Waals surface area contributed by atoms with Gasteiger partial charge in [-0.05, 0) is 36.5 Å². The molecule has 0 saturated carbocycles. The van der Waals surface area contributed by atoms with Crippen LogP contribution in [0.25, 0.3) is 11.1 Å². The summed E-state index contributed by atoms with van der Waals surface area (Å²) in [6.45, 7) is 1.20. The Hall–Kier alpha value is -1.74. The Labute approximate surface area is 145 Å². The summed E-state index contributed by atoms with van der Waals surface area (Å²) in [7, 11) is 2.45. The maximum absolute atomic E-state index is 11.4. The third kappa shape index (κ3) is 4.64. The minimum Gasteiger partial charge on any atom is -0.481 e. The van der Waals surface area contributed by atoms with E-state index in [4.69, 9.17) is 0 Å². The van der Waals surface area contributed by atoms with Gasteiger partial charge in [0, 0.05) is 6.04 Å². The number of benzene rings is 2. The fourth-order valence-corrected chi connectivity index (χ4v) is 2.94. The van der Waals surface area contributed by atoms with Crippen LogP contribution < -0.4 is 5.09 Å². The highest BCUT2D eigenvalue weighted by Gasteiger charge is 2.34. The first kappa shape index (κ1) is 18.6. The van der Waals surface area contributed by atoms with Gasteiger partial charge in [0.15, 0.2) is 0 Å². The molecule has 4 nitrogen and oxygen atoms in total. The molecule has 0 saturated heterocycles. The Morgan fingerprint density at radius 1 is 1.12 bits per heavy atom. The van der Waals surface area contributed by atoms with Crippen molar-refractivity contribution in [1.29, 1.82) is 0 Å². The average Bonchev–Trinajstić information content (AvgIpc) is 2.62. The monoisotopic (exact) mass is 345 g/mol. The molecule has 0 aromatic heterocycles. The smallest absolute Gasteiger partial charge is 0.311 e. The molecule has 5 heteroatoms. The highest BCUT2D eigenvalue weighted by molar-refractivity contribution is 7.13. The van der Waals surface area contributed by atoms with Crippen molar-refractivity contribution in [3.8, 4) is 11.1 Å². The molecule has 3 unspecified atom stereocenters. The second-order valence-corrected chi connectivity index (χ2v) is 6.69. The number of hydrogen-bond donors (Lipinski definition) is 3. The highest BCUT2D eigenvalue weighted by atomic mass is 31.0. The number of aliphatic hydroxyl groups excluding tert-OH is 1. The van der Waals surface area contributed by atoms with E-state index in [-0.39, 0.29) is 12.6 Å². The van der Waals surface area contributed by atoms with Gasteiger partial charge in [-0.25, -0.2) is 0 Å². The van der Waals surface area contributed by atoms with E-state index in [9.17, 15) is 15.0 Å².